The van der Waals surface area contributed by atoms with Gasteiger partial charge in [-0.3, -0.25) is 4.68 Å². The molecule has 1 fully saturated rings. The largest absolute Gasteiger partial charge is 0.353 e. The normalized spacial score (nSPS) is 14.8. The minimum absolute atomic E-state index is 0.581. The third kappa shape index (κ3) is 2.40. The Balaban J connectivity index is 1.52. The van der Waals surface area contributed by atoms with Crippen LogP contribution >= 0.6 is 0 Å². The maximum Gasteiger partial charge on any atom is 0.163 e. The summed E-state index contributed by atoms with van der Waals surface area (Å²) < 4.78 is 1.76. The van der Waals surface area contributed by atoms with E-state index in [2.05, 4.69) is 35.9 Å². The van der Waals surface area contributed by atoms with Crippen molar-refractivity contribution in [1.29, 1.82) is 5.26 Å². The zero-order valence-corrected chi connectivity index (χ0v) is 13.3. The van der Waals surface area contributed by atoms with Gasteiger partial charge < -0.3 is 9.80 Å². The molecule has 120 valence electrons. The highest BCUT2D eigenvalue weighted by atomic mass is 15.3. The monoisotopic (exact) mass is 320 g/mol. The smallest absolute Gasteiger partial charge is 0.163 e. The van der Waals surface area contributed by atoms with Crippen LogP contribution in [0.4, 0.5) is 11.6 Å². The number of nitrogens with zero attached hydrogens (tertiary/aromatic N) is 8. The van der Waals surface area contributed by atoms with Crippen LogP contribution < -0.4 is 9.80 Å². The topological polar surface area (TPSA) is 86.8 Å². The Morgan fingerprint density at radius 3 is 2.50 bits per heavy atom. The molecule has 0 aliphatic carbocycles. The molecule has 4 heterocycles. The first-order valence-corrected chi connectivity index (χ1v) is 7.75. The molecule has 4 rings (SSSR count). The predicted octanol–water partition coefficient (Wildman–Crippen LogP) is 0.957. The van der Waals surface area contributed by atoms with Gasteiger partial charge in [0.2, 0.25) is 0 Å². The summed E-state index contributed by atoms with van der Waals surface area (Å²) in [6, 6.07) is 5.80. The Morgan fingerprint density at radius 2 is 1.79 bits per heavy atom. The molecular formula is C16H16N8. The first kappa shape index (κ1) is 14.4. The Morgan fingerprint density at radius 1 is 1.00 bits per heavy atom. The van der Waals surface area contributed by atoms with E-state index in [0.717, 1.165) is 48.8 Å². The summed E-state index contributed by atoms with van der Waals surface area (Å²) in [5.74, 6) is 1.84. The summed E-state index contributed by atoms with van der Waals surface area (Å²) in [5.41, 5.74) is 1.42. The maximum absolute atomic E-state index is 8.86. The number of fused-ring (bicyclic) bond motifs is 1. The highest BCUT2D eigenvalue weighted by Gasteiger charge is 2.21. The van der Waals surface area contributed by atoms with Gasteiger partial charge in [-0.05, 0) is 12.1 Å². The van der Waals surface area contributed by atoms with Crippen molar-refractivity contribution in [3.05, 3.63) is 36.4 Å². The number of anilines is 2. The van der Waals surface area contributed by atoms with Crippen LogP contribution in [0.5, 0.6) is 0 Å². The summed E-state index contributed by atoms with van der Waals surface area (Å²) in [6.07, 6.45) is 5.03. The summed E-state index contributed by atoms with van der Waals surface area (Å²) in [5, 5.41) is 14.1. The molecule has 3 aromatic rings. The van der Waals surface area contributed by atoms with Gasteiger partial charge in [0.25, 0.3) is 0 Å². The highest BCUT2D eigenvalue weighted by Crippen LogP contribution is 2.24. The maximum atomic E-state index is 8.86. The van der Waals surface area contributed by atoms with Gasteiger partial charge in [0.05, 0.1) is 17.1 Å². The van der Waals surface area contributed by atoms with E-state index in [1.54, 1.807) is 23.3 Å². The summed E-state index contributed by atoms with van der Waals surface area (Å²) in [7, 11) is 1.88. The minimum atomic E-state index is 0.581. The number of aryl methyl sites for hydroxylation is 1. The fraction of sp³-hybridized carbons (Fsp3) is 0.312. The van der Waals surface area contributed by atoms with Gasteiger partial charge in [-0.15, -0.1) is 0 Å². The van der Waals surface area contributed by atoms with Crippen LogP contribution in [0.15, 0.2) is 30.9 Å². The first-order chi connectivity index (χ1) is 11.8. The van der Waals surface area contributed by atoms with Gasteiger partial charge in [-0.1, -0.05) is 0 Å². The molecule has 0 atom stereocenters. The molecular weight excluding hydrogens is 304 g/mol. The minimum Gasteiger partial charge on any atom is -0.353 e. The molecule has 0 aromatic carbocycles. The van der Waals surface area contributed by atoms with Crippen molar-refractivity contribution in [3.8, 4) is 6.07 Å². The Bertz CT molecular complexity index is 900. The van der Waals surface area contributed by atoms with E-state index in [1.165, 1.54) is 0 Å². The molecule has 0 saturated carbocycles. The molecule has 1 aliphatic heterocycles. The molecule has 0 N–H and O–H groups in total. The number of aromatic nitrogens is 5. The second-order valence-electron chi connectivity index (χ2n) is 5.69. The van der Waals surface area contributed by atoms with E-state index in [9.17, 15) is 0 Å². The van der Waals surface area contributed by atoms with Crippen LogP contribution in [0.1, 0.15) is 5.56 Å². The van der Waals surface area contributed by atoms with Crippen molar-refractivity contribution in [3.63, 3.8) is 0 Å². The molecule has 1 saturated heterocycles. The van der Waals surface area contributed by atoms with Gasteiger partial charge in [0.1, 0.15) is 24.0 Å². The molecule has 8 heteroatoms. The Kier molecular flexibility index (Phi) is 3.46. The fourth-order valence-electron chi connectivity index (χ4n) is 2.99. The van der Waals surface area contributed by atoms with Crippen molar-refractivity contribution in [2.24, 2.45) is 7.05 Å². The molecule has 3 aromatic heterocycles. The number of rotatable bonds is 2. The third-order valence-corrected chi connectivity index (χ3v) is 4.29. The zero-order chi connectivity index (χ0) is 16.5. The van der Waals surface area contributed by atoms with Gasteiger partial charge >= 0.3 is 0 Å². The highest BCUT2D eigenvalue weighted by molar-refractivity contribution is 5.86. The third-order valence-electron chi connectivity index (χ3n) is 4.29. The van der Waals surface area contributed by atoms with Gasteiger partial charge in [-0.25, -0.2) is 15.0 Å². The van der Waals surface area contributed by atoms with E-state index in [-0.39, 0.29) is 0 Å². The molecule has 0 bridgehead atoms. The molecule has 0 radical (unpaired) electrons. The van der Waals surface area contributed by atoms with Crippen LogP contribution in [0, 0.1) is 11.3 Å². The Labute approximate surface area is 139 Å². The van der Waals surface area contributed by atoms with Crippen LogP contribution in [0.25, 0.3) is 11.0 Å². The second kappa shape index (κ2) is 5.77. The summed E-state index contributed by atoms with van der Waals surface area (Å²) in [6.45, 7) is 3.40. The number of piperazine rings is 1. The van der Waals surface area contributed by atoms with Gasteiger partial charge in [0.15, 0.2) is 5.65 Å². The van der Waals surface area contributed by atoms with E-state index in [4.69, 9.17) is 5.26 Å². The van der Waals surface area contributed by atoms with E-state index in [0.29, 0.717) is 5.56 Å². The van der Waals surface area contributed by atoms with E-state index < -0.39 is 0 Å². The quantitative estimate of drug-likeness (QED) is 0.695. The molecule has 1 aliphatic rings. The van der Waals surface area contributed by atoms with Crippen molar-refractivity contribution in [2.75, 3.05) is 36.0 Å². The van der Waals surface area contributed by atoms with Gasteiger partial charge in [-0.2, -0.15) is 10.4 Å². The number of pyridine rings is 1. The molecule has 0 spiro atoms. The van der Waals surface area contributed by atoms with Crippen molar-refractivity contribution >= 4 is 22.7 Å². The van der Waals surface area contributed by atoms with E-state index >= 15 is 0 Å². The van der Waals surface area contributed by atoms with E-state index in [1.807, 2.05) is 19.3 Å². The Hall–Kier alpha value is -3.21. The molecule has 8 nitrogen and oxygen atoms in total. The lowest BCUT2D eigenvalue weighted by Gasteiger charge is -2.36. The number of nitriles is 1. The zero-order valence-electron chi connectivity index (χ0n) is 13.3. The van der Waals surface area contributed by atoms with Crippen LogP contribution in [0.3, 0.4) is 0 Å². The average molecular weight is 320 g/mol. The fourth-order valence-corrected chi connectivity index (χ4v) is 2.99. The van der Waals surface area contributed by atoms with Gasteiger partial charge in [0, 0.05) is 39.4 Å². The molecule has 24 heavy (non-hydrogen) atoms. The lowest BCUT2D eigenvalue weighted by Crippen LogP contribution is -2.47. The van der Waals surface area contributed by atoms with Crippen LogP contribution in [-0.4, -0.2) is 50.9 Å². The second-order valence-corrected chi connectivity index (χ2v) is 5.69. The number of hydrogen-bond acceptors (Lipinski definition) is 7. The van der Waals surface area contributed by atoms with Crippen LogP contribution in [-0.2, 0) is 7.05 Å². The SMILES string of the molecule is Cn1ncc2c(N3CCN(c4ccc(C#N)cn4)CC3)ncnc21. The predicted molar refractivity (Wildman–Crippen MR) is 89.7 cm³/mol. The standard InChI is InChI=1S/C16H16N8/c1-22-15-13(10-21-22)16(20-11-19-15)24-6-4-23(5-7-24)14-3-2-12(8-17)9-18-14/h2-3,9-11H,4-7H2,1H3. The molecule has 0 unspecified atom stereocenters. The van der Waals surface area contributed by atoms with Crippen molar-refractivity contribution < 1.29 is 0 Å². The van der Waals surface area contributed by atoms with Crippen LogP contribution in [0.2, 0.25) is 0 Å². The lowest BCUT2D eigenvalue weighted by atomic mass is 10.2. The van der Waals surface area contributed by atoms with Crippen molar-refractivity contribution in [2.45, 2.75) is 0 Å². The van der Waals surface area contributed by atoms with Crippen molar-refractivity contribution in [1.82, 2.24) is 24.7 Å². The number of hydrogen-bond donors (Lipinski definition) is 0. The summed E-state index contributed by atoms with van der Waals surface area (Å²) in [4.78, 5) is 17.6. The lowest BCUT2D eigenvalue weighted by molar-refractivity contribution is 0.643. The average Bonchev–Trinajstić information content (AvgIpc) is 3.03. The summed E-state index contributed by atoms with van der Waals surface area (Å²) >= 11 is 0. The first-order valence-electron chi connectivity index (χ1n) is 7.75. The molecule has 0 amide bonds.